The molecule has 1 aliphatic heterocycles. The average molecular weight is 246 g/mol. The minimum Gasteiger partial charge on any atom is -0.366 e. The second kappa shape index (κ2) is 4.93. The van der Waals surface area contributed by atoms with E-state index in [2.05, 4.69) is 50.8 Å². The highest BCUT2D eigenvalue weighted by Gasteiger charge is 2.34. The van der Waals surface area contributed by atoms with Crippen molar-refractivity contribution < 1.29 is 0 Å². The Morgan fingerprint density at radius 3 is 2.67 bits per heavy atom. The van der Waals surface area contributed by atoms with Gasteiger partial charge in [-0.25, -0.2) is 0 Å². The molecule has 0 spiro atoms. The van der Waals surface area contributed by atoms with Crippen LogP contribution in [0.4, 0.5) is 5.69 Å². The summed E-state index contributed by atoms with van der Waals surface area (Å²) in [4.78, 5) is 2.57. The first-order valence-electron chi connectivity index (χ1n) is 6.99. The first-order valence-corrected chi connectivity index (χ1v) is 6.99. The molecule has 2 rings (SSSR count). The number of benzene rings is 1. The van der Waals surface area contributed by atoms with Gasteiger partial charge in [0.15, 0.2) is 0 Å². The maximum absolute atomic E-state index is 5.84. The summed E-state index contributed by atoms with van der Waals surface area (Å²) in [7, 11) is 0. The predicted molar refractivity (Wildman–Crippen MR) is 79.1 cm³/mol. The molecule has 0 amide bonds. The van der Waals surface area contributed by atoms with Gasteiger partial charge in [-0.15, -0.1) is 0 Å². The smallest absolute Gasteiger partial charge is 0.0403 e. The zero-order valence-corrected chi connectivity index (χ0v) is 12.2. The first kappa shape index (κ1) is 13.4. The van der Waals surface area contributed by atoms with Crippen LogP contribution >= 0.6 is 0 Å². The van der Waals surface area contributed by atoms with Crippen LogP contribution in [0.2, 0.25) is 0 Å². The summed E-state index contributed by atoms with van der Waals surface area (Å²) in [6.07, 6.45) is 2.41. The molecule has 1 fully saturated rings. The van der Waals surface area contributed by atoms with Crippen LogP contribution in [0.3, 0.4) is 0 Å². The number of hydrogen-bond donors (Lipinski definition) is 1. The van der Waals surface area contributed by atoms with Gasteiger partial charge in [0, 0.05) is 17.8 Å². The van der Waals surface area contributed by atoms with Crippen molar-refractivity contribution >= 4 is 5.69 Å². The van der Waals surface area contributed by atoms with Gasteiger partial charge >= 0.3 is 0 Å². The van der Waals surface area contributed by atoms with Crippen LogP contribution < -0.4 is 10.6 Å². The zero-order chi connectivity index (χ0) is 13.3. The number of anilines is 1. The molecular weight excluding hydrogens is 220 g/mol. The largest absolute Gasteiger partial charge is 0.366 e. The van der Waals surface area contributed by atoms with E-state index in [0.717, 1.165) is 13.1 Å². The second-order valence-electron chi connectivity index (χ2n) is 6.28. The highest BCUT2D eigenvalue weighted by Crippen LogP contribution is 2.37. The average Bonchev–Trinajstić information content (AvgIpc) is 2.32. The van der Waals surface area contributed by atoms with Gasteiger partial charge in [-0.05, 0) is 70.2 Å². The molecule has 0 bridgehead atoms. The first-order chi connectivity index (χ1) is 8.45. The molecule has 1 saturated heterocycles. The number of piperidine rings is 1. The quantitative estimate of drug-likeness (QED) is 0.868. The fraction of sp³-hybridized carbons (Fsp3) is 0.625. The molecule has 2 N–H and O–H groups in total. The Morgan fingerprint density at radius 1 is 1.33 bits per heavy atom. The molecule has 0 aromatic heterocycles. The summed E-state index contributed by atoms with van der Waals surface area (Å²) in [5.74, 6) is 0.682. The van der Waals surface area contributed by atoms with Crippen molar-refractivity contribution in [2.24, 2.45) is 11.7 Å². The van der Waals surface area contributed by atoms with Crippen LogP contribution in [0.1, 0.15) is 37.8 Å². The van der Waals surface area contributed by atoms with Gasteiger partial charge in [0.2, 0.25) is 0 Å². The number of hydrogen-bond acceptors (Lipinski definition) is 2. The standard InChI is InChI=1S/C16H26N2/c1-12-6-5-7-15(13(12)2)18-9-8-14(11-17)10-16(18,3)4/h5-7,14H,8-11,17H2,1-4H3. The third-order valence-corrected chi connectivity index (χ3v) is 4.48. The van der Waals surface area contributed by atoms with Crippen molar-refractivity contribution in [3.63, 3.8) is 0 Å². The molecule has 1 atom stereocenters. The lowest BCUT2D eigenvalue weighted by Gasteiger charge is -2.47. The predicted octanol–water partition coefficient (Wildman–Crippen LogP) is 3.26. The highest BCUT2D eigenvalue weighted by molar-refractivity contribution is 5.58. The summed E-state index contributed by atoms with van der Waals surface area (Å²) >= 11 is 0. The zero-order valence-electron chi connectivity index (χ0n) is 12.2. The number of nitrogens with zero attached hydrogens (tertiary/aromatic N) is 1. The van der Waals surface area contributed by atoms with E-state index < -0.39 is 0 Å². The molecule has 1 aromatic carbocycles. The molecule has 18 heavy (non-hydrogen) atoms. The molecule has 100 valence electrons. The third-order valence-electron chi connectivity index (χ3n) is 4.48. The highest BCUT2D eigenvalue weighted by atomic mass is 15.2. The van der Waals surface area contributed by atoms with E-state index in [1.807, 2.05) is 0 Å². The molecule has 0 saturated carbocycles. The Morgan fingerprint density at radius 2 is 2.06 bits per heavy atom. The molecule has 0 radical (unpaired) electrons. The van der Waals surface area contributed by atoms with E-state index in [0.29, 0.717) is 5.92 Å². The second-order valence-corrected chi connectivity index (χ2v) is 6.28. The van der Waals surface area contributed by atoms with Crippen LogP contribution in [0, 0.1) is 19.8 Å². The molecule has 1 heterocycles. The molecule has 0 aliphatic carbocycles. The molecule has 2 heteroatoms. The topological polar surface area (TPSA) is 29.3 Å². The minimum atomic E-state index is 0.209. The number of aryl methyl sites for hydroxylation is 1. The lowest BCUT2D eigenvalue weighted by Crippen LogP contribution is -2.51. The maximum Gasteiger partial charge on any atom is 0.0403 e. The summed E-state index contributed by atoms with van der Waals surface area (Å²) in [6, 6.07) is 6.62. The maximum atomic E-state index is 5.84. The fourth-order valence-electron chi connectivity index (χ4n) is 3.21. The van der Waals surface area contributed by atoms with Crippen LogP contribution in [0.15, 0.2) is 18.2 Å². The normalized spacial score (nSPS) is 23.2. The lowest BCUT2D eigenvalue weighted by molar-refractivity contribution is 0.278. The summed E-state index contributed by atoms with van der Waals surface area (Å²) in [6.45, 7) is 11.1. The van der Waals surface area contributed by atoms with Gasteiger partial charge in [0.25, 0.3) is 0 Å². The van der Waals surface area contributed by atoms with Gasteiger partial charge in [-0.3, -0.25) is 0 Å². The Hall–Kier alpha value is -1.02. The minimum absolute atomic E-state index is 0.209. The van der Waals surface area contributed by atoms with Crippen molar-refractivity contribution in [3.05, 3.63) is 29.3 Å². The SMILES string of the molecule is Cc1cccc(N2CCC(CN)CC2(C)C)c1C. The van der Waals surface area contributed by atoms with E-state index >= 15 is 0 Å². The van der Waals surface area contributed by atoms with Crippen molar-refractivity contribution in [2.75, 3.05) is 18.0 Å². The Balaban J connectivity index is 2.31. The molecule has 1 unspecified atom stereocenters. The van der Waals surface area contributed by atoms with Crippen molar-refractivity contribution in [2.45, 2.75) is 46.1 Å². The lowest BCUT2D eigenvalue weighted by atomic mass is 9.82. The van der Waals surface area contributed by atoms with Gasteiger partial charge in [0.05, 0.1) is 0 Å². The number of rotatable bonds is 2. The van der Waals surface area contributed by atoms with Crippen LogP contribution in [-0.2, 0) is 0 Å². The molecular formula is C16H26N2. The van der Waals surface area contributed by atoms with Crippen molar-refractivity contribution in [1.82, 2.24) is 0 Å². The summed E-state index contributed by atoms with van der Waals surface area (Å²) in [5, 5.41) is 0. The molecule has 1 aliphatic rings. The van der Waals surface area contributed by atoms with Gasteiger partial charge in [-0.2, -0.15) is 0 Å². The van der Waals surface area contributed by atoms with Gasteiger partial charge < -0.3 is 10.6 Å². The van der Waals surface area contributed by atoms with Gasteiger partial charge in [0.1, 0.15) is 0 Å². The van der Waals surface area contributed by atoms with E-state index in [1.165, 1.54) is 29.7 Å². The van der Waals surface area contributed by atoms with Crippen LogP contribution in [0.5, 0.6) is 0 Å². The summed E-state index contributed by atoms with van der Waals surface area (Å²) in [5.41, 5.74) is 10.2. The number of nitrogens with two attached hydrogens (primary N) is 1. The Labute approximate surface area is 111 Å². The summed E-state index contributed by atoms with van der Waals surface area (Å²) < 4.78 is 0. The monoisotopic (exact) mass is 246 g/mol. The van der Waals surface area contributed by atoms with Crippen LogP contribution in [-0.4, -0.2) is 18.6 Å². The third kappa shape index (κ3) is 2.39. The Bertz CT molecular complexity index is 423. The molecule has 1 aromatic rings. The van der Waals surface area contributed by atoms with Crippen LogP contribution in [0.25, 0.3) is 0 Å². The van der Waals surface area contributed by atoms with E-state index in [-0.39, 0.29) is 5.54 Å². The van der Waals surface area contributed by atoms with E-state index in [9.17, 15) is 0 Å². The fourth-order valence-corrected chi connectivity index (χ4v) is 3.21. The molecule has 2 nitrogen and oxygen atoms in total. The van der Waals surface area contributed by atoms with Crippen molar-refractivity contribution in [1.29, 1.82) is 0 Å². The van der Waals surface area contributed by atoms with E-state index in [1.54, 1.807) is 0 Å². The van der Waals surface area contributed by atoms with Crippen molar-refractivity contribution in [3.8, 4) is 0 Å². The van der Waals surface area contributed by atoms with Gasteiger partial charge in [-0.1, -0.05) is 12.1 Å². The Kier molecular flexibility index (Phi) is 3.67. The van der Waals surface area contributed by atoms with E-state index in [4.69, 9.17) is 5.73 Å².